The third kappa shape index (κ3) is 2.06. The zero-order valence-corrected chi connectivity index (χ0v) is 15.9. The number of terminal acetylenes is 1. The van der Waals surface area contributed by atoms with Crippen molar-refractivity contribution in [1.82, 2.24) is 0 Å². The highest BCUT2D eigenvalue weighted by atomic mass is 16.3. The highest BCUT2D eigenvalue weighted by molar-refractivity contribution is 5.32. The van der Waals surface area contributed by atoms with Crippen LogP contribution in [0.2, 0.25) is 0 Å². The lowest BCUT2D eigenvalue weighted by atomic mass is 9.46. The molecule has 4 aliphatic rings. The standard InChI is InChI=1S/C22H32O4/c1-4-22(26)13(2)9-17-19-16(6-7-20(17,22)3)21(12-23)8-5-15(24)10-14(21)11-18(19)25/h1,11,13,15-19,23-26H,5-10,12H2,2-3H3/t13-,15+,16?,17?,18+,19?,20+,21-,22+/m1/s1. The van der Waals surface area contributed by atoms with E-state index in [0.717, 1.165) is 31.3 Å². The minimum absolute atomic E-state index is 0.00270. The first kappa shape index (κ1) is 18.5. The van der Waals surface area contributed by atoms with Gasteiger partial charge in [-0.3, -0.25) is 0 Å². The van der Waals surface area contributed by atoms with Crippen molar-refractivity contribution in [2.24, 2.45) is 34.5 Å². The Morgan fingerprint density at radius 3 is 2.62 bits per heavy atom. The van der Waals surface area contributed by atoms with Gasteiger partial charge in [0.1, 0.15) is 5.60 Å². The van der Waals surface area contributed by atoms with Gasteiger partial charge in [0.15, 0.2) is 0 Å². The monoisotopic (exact) mass is 360 g/mol. The molecule has 0 aliphatic heterocycles. The second kappa shape index (κ2) is 5.82. The second-order valence-electron chi connectivity index (χ2n) is 9.69. The van der Waals surface area contributed by atoms with E-state index in [-0.39, 0.29) is 41.8 Å². The van der Waals surface area contributed by atoms with Crippen LogP contribution in [0.5, 0.6) is 0 Å². The molecule has 0 amide bonds. The molecule has 0 spiro atoms. The molecule has 0 aromatic rings. The molecule has 144 valence electrons. The van der Waals surface area contributed by atoms with Gasteiger partial charge in [-0.15, -0.1) is 6.42 Å². The molecule has 4 rings (SSSR count). The fourth-order valence-corrected chi connectivity index (χ4v) is 7.39. The highest BCUT2D eigenvalue weighted by Crippen LogP contribution is 2.68. The largest absolute Gasteiger partial charge is 0.395 e. The molecule has 0 bridgehead atoms. The van der Waals surface area contributed by atoms with Crippen molar-refractivity contribution in [1.29, 1.82) is 0 Å². The van der Waals surface area contributed by atoms with Crippen molar-refractivity contribution >= 4 is 0 Å². The lowest BCUT2D eigenvalue weighted by molar-refractivity contribution is -0.137. The minimum Gasteiger partial charge on any atom is -0.395 e. The summed E-state index contributed by atoms with van der Waals surface area (Å²) in [6.45, 7) is 4.19. The van der Waals surface area contributed by atoms with Crippen LogP contribution >= 0.6 is 0 Å². The van der Waals surface area contributed by atoms with Crippen molar-refractivity contribution in [3.05, 3.63) is 11.6 Å². The van der Waals surface area contributed by atoms with Crippen LogP contribution in [-0.4, -0.2) is 44.8 Å². The predicted molar refractivity (Wildman–Crippen MR) is 98.8 cm³/mol. The van der Waals surface area contributed by atoms with Gasteiger partial charge in [-0.05, 0) is 62.2 Å². The molecule has 26 heavy (non-hydrogen) atoms. The Bertz CT molecular complexity index is 666. The normalized spacial score (nSPS) is 56.0. The minimum atomic E-state index is -1.14. The van der Waals surface area contributed by atoms with Crippen molar-refractivity contribution in [2.45, 2.75) is 70.2 Å². The molecule has 0 aromatic carbocycles. The SMILES string of the molecule is C#C[C@]1(O)[C@H](C)CC2C3C(CC[C@@]21C)[C@@]1(CO)CC[C@H](O)CC1=C[C@@H]3O. The first-order valence-electron chi connectivity index (χ1n) is 10.1. The molecule has 0 radical (unpaired) electrons. The maximum atomic E-state index is 11.3. The van der Waals surface area contributed by atoms with Gasteiger partial charge in [0.2, 0.25) is 0 Å². The van der Waals surface area contributed by atoms with Crippen LogP contribution in [-0.2, 0) is 0 Å². The summed E-state index contributed by atoms with van der Waals surface area (Å²) < 4.78 is 0. The second-order valence-corrected chi connectivity index (χ2v) is 9.69. The summed E-state index contributed by atoms with van der Waals surface area (Å²) in [7, 11) is 0. The topological polar surface area (TPSA) is 80.9 Å². The van der Waals surface area contributed by atoms with E-state index >= 15 is 0 Å². The molecular formula is C22H32O4. The molecule has 0 saturated heterocycles. The molecule has 3 saturated carbocycles. The van der Waals surface area contributed by atoms with E-state index in [1.54, 1.807) is 0 Å². The van der Waals surface area contributed by atoms with E-state index in [1.165, 1.54) is 0 Å². The molecule has 0 aromatic heterocycles. The summed E-state index contributed by atoms with van der Waals surface area (Å²) in [5.41, 5.74) is -0.833. The highest BCUT2D eigenvalue weighted by Gasteiger charge is 2.67. The molecule has 4 heteroatoms. The fourth-order valence-electron chi connectivity index (χ4n) is 7.39. The Morgan fingerprint density at radius 1 is 1.23 bits per heavy atom. The van der Waals surface area contributed by atoms with Crippen molar-refractivity contribution < 1.29 is 20.4 Å². The van der Waals surface area contributed by atoms with Crippen LogP contribution < -0.4 is 0 Å². The van der Waals surface area contributed by atoms with Crippen LogP contribution in [0.3, 0.4) is 0 Å². The molecule has 4 aliphatic carbocycles. The lowest BCUT2D eigenvalue weighted by Gasteiger charge is -2.60. The lowest BCUT2D eigenvalue weighted by Crippen LogP contribution is -2.59. The van der Waals surface area contributed by atoms with E-state index in [9.17, 15) is 20.4 Å². The average molecular weight is 360 g/mol. The van der Waals surface area contributed by atoms with Crippen LogP contribution in [0.1, 0.15) is 52.4 Å². The van der Waals surface area contributed by atoms with E-state index in [2.05, 4.69) is 12.8 Å². The predicted octanol–water partition coefficient (Wildman–Crippen LogP) is 1.86. The number of rotatable bonds is 1. The van der Waals surface area contributed by atoms with Gasteiger partial charge >= 0.3 is 0 Å². The summed E-state index contributed by atoms with van der Waals surface area (Å²) in [6, 6.07) is 0. The van der Waals surface area contributed by atoms with Gasteiger partial charge in [0.25, 0.3) is 0 Å². The third-order valence-electron chi connectivity index (χ3n) is 8.91. The summed E-state index contributed by atoms with van der Waals surface area (Å²) in [4.78, 5) is 0. The zero-order chi connectivity index (χ0) is 18.9. The molecule has 0 heterocycles. The van der Waals surface area contributed by atoms with E-state index in [0.29, 0.717) is 12.8 Å². The molecular weight excluding hydrogens is 328 g/mol. The van der Waals surface area contributed by atoms with E-state index in [1.807, 2.05) is 13.0 Å². The quantitative estimate of drug-likeness (QED) is 0.425. The van der Waals surface area contributed by atoms with Crippen molar-refractivity contribution in [2.75, 3.05) is 6.61 Å². The zero-order valence-electron chi connectivity index (χ0n) is 15.9. The first-order chi connectivity index (χ1) is 12.2. The summed E-state index contributed by atoms with van der Waals surface area (Å²) in [5, 5.41) is 42.8. The van der Waals surface area contributed by atoms with Gasteiger partial charge in [0, 0.05) is 10.8 Å². The van der Waals surface area contributed by atoms with E-state index in [4.69, 9.17) is 6.42 Å². The van der Waals surface area contributed by atoms with Crippen LogP contribution in [0.15, 0.2) is 11.6 Å². The summed E-state index contributed by atoms with van der Waals surface area (Å²) in [5.74, 6) is 3.02. The average Bonchev–Trinajstić information content (AvgIpc) is 2.82. The maximum absolute atomic E-state index is 11.3. The summed E-state index contributed by atoms with van der Waals surface area (Å²) >= 11 is 0. The van der Waals surface area contributed by atoms with Crippen LogP contribution in [0, 0.1) is 46.8 Å². The number of hydrogen-bond donors (Lipinski definition) is 4. The maximum Gasteiger partial charge on any atom is 0.133 e. The van der Waals surface area contributed by atoms with Gasteiger partial charge in [-0.2, -0.15) is 0 Å². The number of fused-ring (bicyclic) bond motifs is 5. The molecule has 9 atom stereocenters. The van der Waals surface area contributed by atoms with Gasteiger partial charge in [-0.25, -0.2) is 0 Å². The molecule has 4 N–H and O–H groups in total. The Kier molecular flexibility index (Phi) is 4.14. The van der Waals surface area contributed by atoms with E-state index < -0.39 is 17.1 Å². The molecule has 4 nitrogen and oxygen atoms in total. The van der Waals surface area contributed by atoms with Gasteiger partial charge < -0.3 is 20.4 Å². The number of aliphatic hydroxyl groups is 4. The van der Waals surface area contributed by atoms with Crippen LogP contribution in [0.4, 0.5) is 0 Å². The van der Waals surface area contributed by atoms with Gasteiger partial charge in [-0.1, -0.05) is 31.4 Å². The van der Waals surface area contributed by atoms with Crippen molar-refractivity contribution in [3.63, 3.8) is 0 Å². The summed E-state index contributed by atoms with van der Waals surface area (Å²) in [6.07, 6.45) is 11.2. The fraction of sp³-hybridized carbons (Fsp3) is 0.818. The van der Waals surface area contributed by atoms with Crippen molar-refractivity contribution in [3.8, 4) is 12.3 Å². The van der Waals surface area contributed by atoms with Gasteiger partial charge in [0.05, 0.1) is 18.8 Å². The third-order valence-corrected chi connectivity index (χ3v) is 8.91. The molecule has 3 fully saturated rings. The molecule has 3 unspecified atom stereocenters. The first-order valence-corrected chi connectivity index (χ1v) is 10.1. The Balaban J connectivity index is 1.79. The Morgan fingerprint density at radius 2 is 1.96 bits per heavy atom. The number of hydrogen-bond acceptors (Lipinski definition) is 4. The smallest absolute Gasteiger partial charge is 0.133 e. The van der Waals surface area contributed by atoms with Crippen LogP contribution in [0.25, 0.3) is 0 Å². The number of aliphatic hydroxyl groups excluding tert-OH is 3. The Hall–Kier alpha value is -0.860. The Labute approximate surface area is 156 Å².